The Morgan fingerprint density at radius 1 is 1.21 bits per heavy atom. The number of hydrogen-bond acceptors (Lipinski definition) is 5. The number of carbonyl (C=O) groups is 2. The summed E-state index contributed by atoms with van der Waals surface area (Å²) in [5.74, 6) is 0.694. The molecule has 1 aromatic rings. The molecule has 0 radical (unpaired) electrons. The van der Waals surface area contributed by atoms with Crippen LogP contribution in [0.3, 0.4) is 0 Å². The second kappa shape index (κ2) is 7.17. The number of anilines is 1. The van der Waals surface area contributed by atoms with Crippen molar-refractivity contribution >= 4 is 17.6 Å². The van der Waals surface area contributed by atoms with Crippen molar-refractivity contribution in [2.75, 3.05) is 38.5 Å². The summed E-state index contributed by atoms with van der Waals surface area (Å²) in [5, 5.41) is 0. The van der Waals surface area contributed by atoms with Crippen LogP contribution in [-0.2, 0) is 14.3 Å². The lowest BCUT2D eigenvalue weighted by molar-refractivity contribution is -0.146. The molecule has 0 spiro atoms. The van der Waals surface area contributed by atoms with Crippen LogP contribution in [0.1, 0.15) is 31.6 Å². The van der Waals surface area contributed by atoms with Crippen LogP contribution in [0.2, 0.25) is 0 Å². The molecule has 0 unspecified atom stereocenters. The minimum atomic E-state index is -0.233. The molecular weight excluding hydrogens is 308 g/mol. The molecule has 2 N–H and O–H groups in total. The molecule has 2 amide bonds. The monoisotopic (exact) mass is 332 g/mol. The number of nitrogens with two attached hydrogens (primary N) is 1. The number of piperidine rings is 1. The maximum atomic E-state index is 12.8. The molecule has 0 bridgehead atoms. The van der Waals surface area contributed by atoms with Crippen LogP contribution in [0.4, 0.5) is 5.82 Å². The van der Waals surface area contributed by atoms with Gasteiger partial charge < -0.3 is 20.3 Å². The van der Waals surface area contributed by atoms with Gasteiger partial charge in [0.2, 0.25) is 11.8 Å². The van der Waals surface area contributed by atoms with E-state index in [1.165, 1.54) is 0 Å². The fourth-order valence-electron chi connectivity index (χ4n) is 3.38. The number of rotatable bonds is 2. The van der Waals surface area contributed by atoms with E-state index in [1.807, 2.05) is 21.9 Å². The van der Waals surface area contributed by atoms with Crippen LogP contribution < -0.4 is 5.73 Å². The maximum Gasteiger partial charge on any atom is 0.225 e. The van der Waals surface area contributed by atoms with Crippen molar-refractivity contribution in [2.45, 2.75) is 25.9 Å². The molecule has 2 aliphatic heterocycles. The van der Waals surface area contributed by atoms with Gasteiger partial charge in [0, 0.05) is 32.5 Å². The predicted octanol–water partition coefficient (Wildman–Crippen LogP) is 0.822. The van der Waals surface area contributed by atoms with Crippen molar-refractivity contribution in [3.8, 4) is 0 Å². The molecule has 0 saturated carbocycles. The summed E-state index contributed by atoms with van der Waals surface area (Å²) >= 11 is 0. The van der Waals surface area contributed by atoms with Gasteiger partial charge in [-0.15, -0.1) is 0 Å². The second-order valence-corrected chi connectivity index (χ2v) is 6.41. The van der Waals surface area contributed by atoms with Crippen LogP contribution >= 0.6 is 0 Å². The molecule has 1 aromatic heterocycles. The van der Waals surface area contributed by atoms with Crippen LogP contribution in [0.5, 0.6) is 0 Å². The molecule has 0 aromatic carbocycles. The van der Waals surface area contributed by atoms with E-state index in [2.05, 4.69) is 4.98 Å². The van der Waals surface area contributed by atoms with E-state index in [1.54, 1.807) is 13.0 Å². The number of morpholine rings is 1. The Bertz CT molecular complexity index is 614. The molecule has 2 saturated heterocycles. The summed E-state index contributed by atoms with van der Waals surface area (Å²) in [6.45, 7) is 4.51. The summed E-state index contributed by atoms with van der Waals surface area (Å²) in [4.78, 5) is 32.2. The van der Waals surface area contributed by atoms with Crippen molar-refractivity contribution in [3.05, 3.63) is 23.9 Å². The van der Waals surface area contributed by atoms with Crippen LogP contribution in [0.15, 0.2) is 18.2 Å². The third-order valence-corrected chi connectivity index (χ3v) is 4.79. The average molecular weight is 332 g/mol. The Balaban J connectivity index is 1.60. The number of likely N-dealkylation sites (tertiary alicyclic amines) is 1. The predicted molar refractivity (Wildman–Crippen MR) is 88.9 cm³/mol. The first-order valence-electron chi connectivity index (χ1n) is 8.43. The molecule has 1 atom stereocenters. The van der Waals surface area contributed by atoms with Gasteiger partial charge in [-0.3, -0.25) is 9.59 Å². The van der Waals surface area contributed by atoms with Gasteiger partial charge in [0.25, 0.3) is 0 Å². The average Bonchev–Trinajstić information content (AvgIpc) is 2.61. The zero-order valence-corrected chi connectivity index (χ0v) is 14.0. The SMILES string of the molecule is CC(=O)N1CCC(C(=O)N2CCO[C@H](c3cccc(N)n3)C2)CC1. The molecular formula is C17H24N4O3. The summed E-state index contributed by atoms with van der Waals surface area (Å²) in [6.07, 6.45) is 1.23. The quantitative estimate of drug-likeness (QED) is 0.866. The van der Waals surface area contributed by atoms with E-state index in [9.17, 15) is 9.59 Å². The highest BCUT2D eigenvalue weighted by atomic mass is 16.5. The molecule has 130 valence electrons. The Morgan fingerprint density at radius 2 is 1.96 bits per heavy atom. The number of nitrogens with zero attached hydrogens (tertiary/aromatic N) is 3. The van der Waals surface area contributed by atoms with E-state index in [-0.39, 0.29) is 23.8 Å². The standard InChI is InChI=1S/C17H24N4O3/c1-12(22)20-7-5-13(6-8-20)17(23)21-9-10-24-15(11-21)14-3-2-4-16(18)19-14/h2-4,13,15H,5-11H2,1H3,(H2,18,19)/t15-/m0/s1. The Morgan fingerprint density at radius 3 is 2.62 bits per heavy atom. The first-order valence-corrected chi connectivity index (χ1v) is 8.43. The molecule has 3 heterocycles. The fourth-order valence-corrected chi connectivity index (χ4v) is 3.38. The zero-order valence-electron chi connectivity index (χ0n) is 14.0. The van der Waals surface area contributed by atoms with Gasteiger partial charge >= 0.3 is 0 Å². The van der Waals surface area contributed by atoms with Gasteiger partial charge in [-0.2, -0.15) is 0 Å². The summed E-state index contributed by atoms with van der Waals surface area (Å²) in [5.41, 5.74) is 6.50. The van der Waals surface area contributed by atoms with Crippen LogP contribution in [-0.4, -0.2) is 59.4 Å². The summed E-state index contributed by atoms with van der Waals surface area (Å²) < 4.78 is 5.77. The second-order valence-electron chi connectivity index (χ2n) is 6.41. The van der Waals surface area contributed by atoms with Crippen LogP contribution in [0.25, 0.3) is 0 Å². The highest BCUT2D eigenvalue weighted by molar-refractivity contribution is 5.80. The lowest BCUT2D eigenvalue weighted by atomic mass is 9.94. The topological polar surface area (TPSA) is 88.8 Å². The van der Waals surface area contributed by atoms with Gasteiger partial charge in [0.15, 0.2) is 0 Å². The molecule has 2 fully saturated rings. The number of aromatic nitrogens is 1. The van der Waals surface area contributed by atoms with Gasteiger partial charge in [0.1, 0.15) is 11.9 Å². The molecule has 0 aliphatic carbocycles. The van der Waals surface area contributed by atoms with Crippen molar-refractivity contribution in [1.82, 2.24) is 14.8 Å². The third kappa shape index (κ3) is 3.67. The number of pyridine rings is 1. The molecule has 3 rings (SSSR count). The van der Waals surface area contributed by atoms with Crippen LogP contribution in [0, 0.1) is 5.92 Å². The molecule has 7 nitrogen and oxygen atoms in total. The Labute approximate surface area is 141 Å². The highest BCUT2D eigenvalue weighted by Crippen LogP contribution is 2.25. The van der Waals surface area contributed by atoms with Gasteiger partial charge in [-0.25, -0.2) is 4.98 Å². The number of hydrogen-bond donors (Lipinski definition) is 1. The largest absolute Gasteiger partial charge is 0.384 e. The summed E-state index contributed by atoms with van der Waals surface area (Å²) in [7, 11) is 0. The lowest BCUT2D eigenvalue weighted by Crippen LogP contribution is -2.48. The number of carbonyl (C=O) groups excluding carboxylic acids is 2. The van der Waals surface area contributed by atoms with E-state index in [4.69, 9.17) is 10.5 Å². The first kappa shape index (κ1) is 16.7. The van der Waals surface area contributed by atoms with Crippen molar-refractivity contribution in [3.63, 3.8) is 0 Å². The smallest absolute Gasteiger partial charge is 0.225 e. The first-order chi connectivity index (χ1) is 11.5. The highest BCUT2D eigenvalue weighted by Gasteiger charge is 2.33. The fraction of sp³-hybridized carbons (Fsp3) is 0.588. The van der Waals surface area contributed by atoms with Gasteiger partial charge in [0.05, 0.1) is 18.8 Å². The third-order valence-electron chi connectivity index (χ3n) is 4.79. The van der Waals surface area contributed by atoms with Gasteiger partial charge in [-0.1, -0.05) is 6.07 Å². The van der Waals surface area contributed by atoms with E-state index in [0.717, 1.165) is 18.5 Å². The number of amides is 2. The Kier molecular flexibility index (Phi) is 4.99. The number of ether oxygens (including phenoxy) is 1. The van der Waals surface area contributed by atoms with E-state index < -0.39 is 0 Å². The van der Waals surface area contributed by atoms with E-state index >= 15 is 0 Å². The minimum Gasteiger partial charge on any atom is -0.384 e. The van der Waals surface area contributed by atoms with Crippen molar-refractivity contribution in [1.29, 1.82) is 0 Å². The molecule has 24 heavy (non-hydrogen) atoms. The molecule has 7 heteroatoms. The number of nitrogen functional groups attached to an aromatic ring is 1. The minimum absolute atomic E-state index is 0.00634. The molecule has 2 aliphatic rings. The van der Waals surface area contributed by atoms with E-state index in [0.29, 0.717) is 38.6 Å². The normalized spacial score (nSPS) is 22.5. The Hall–Kier alpha value is -2.15. The lowest BCUT2D eigenvalue weighted by Gasteiger charge is -2.37. The van der Waals surface area contributed by atoms with Crippen molar-refractivity contribution in [2.24, 2.45) is 5.92 Å². The zero-order chi connectivity index (χ0) is 17.1. The van der Waals surface area contributed by atoms with Gasteiger partial charge in [-0.05, 0) is 25.0 Å². The maximum absolute atomic E-state index is 12.8. The van der Waals surface area contributed by atoms with Crippen molar-refractivity contribution < 1.29 is 14.3 Å². The summed E-state index contributed by atoms with van der Waals surface area (Å²) in [6, 6.07) is 5.46.